The Kier molecular flexibility index (Phi) is 5.12. The average molecular weight is 448 g/mol. The molecule has 32 heavy (non-hydrogen) atoms. The first-order chi connectivity index (χ1) is 15.5. The number of para-hydroxylation sites is 2. The minimum absolute atomic E-state index is 0.312. The zero-order valence-corrected chi connectivity index (χ0v) is 18.4. The van der Waals surface area contributed by atoms with Crippen LogP contribution in [0.15, 0.2) is 78.9 Å². The summed E-state index contributed by atoms with van der Waals surface area (Å²) < 4.78 is 0. The summed E-state index contributed by atoms with van der Waals surface area (Å²) in [4.78, 5) is 36.3. The van der Waals surface area contributed by atoms with Crippen LogP contribution in [-0.2, 0) is 14.4 Å². The molecule has 162 valence electrons. The number of fused-ring (bicyclic) bond motifs is 1. The molecule has 3 atom stereocenters. The first-order valence-electron chi connectivity index (χ1n) is 10.4. The zero-order chi connectivity index (χ0) is 22.4. The molecule has 0 spiro atoms. The Balaban J connectivity index is 1.58. The van der Waals surface area contributed by atoms with Crippen LogP contribution in [0.1, 0.15) is 11.6 Å². The molecule has 2 aliphatic rings. The third-order valence-electron chi connectivity index (χ3n) is 5.97. The molecule has 0 aliphatic carbocycles. The van der Waals surface area contributed by atoms with Crippen molar-refractivity contribution in [1.82, 2.24) is 0 Å². The minimum Gasteiger partial charge on any atom is -0.378 e. The highest BCUT2D eigenvalue weighted by Gasteiger charge is 2.60. The van der Waals surface area contributed by atoms with Gasteiger partial charge in [-0.1, -0.05) is 54.1 Å². The lowest BCUT2D eigenvalue weighted by atomic mass is 9.90. The average Bonchev–Trinajstić information content (AvgIpc) is 3.31. The summed E-state index contributed by atoms with van der Waals surface area (Å²) in [7, 11) is 3.95. The van der Waals surface area contributed by atoms with E-state index in [9.17, 15) is 9.59 Å². The van der Waals surface area contributed by atoms with Crippen LogP contribution in [0.2, 0.25) is 5.02 Å². The van der Waals surface area contributed by atoms with Crippen LogP contribution in [0.3, 0.4) is 0 Å². The van der Waals surface area contributed by atoms with Crippen LogP contribution in [0.25, 0.3) is 0 Å². The highest BCUT2D eigenvalue weighted by Crippen LogP contribution is 2.48. The normalized spacial score (nSPS) is 22.4. The third-order valence-corrected chi connectivity index (χ3v) is 6.29. The van der Waals surface area contributed by atoms with Gasteiger partial charge < -0.3 is 4.90 Å². The Morgan fingerprint density at radius 3 is 2.16 bits per heavy atom. The van der Waals surface area contributed by atoms with Crippen molar-refractivity contribution in [2.75, 3.05) is 29.0 Å². The summed E-state index contributed by atoms with van der Waals surface area (Å²) in [6.07, 6.45) is -0.919. The largest absolute Gasteiger partial charge is 0.378 e. The number of nitrogens with zero attached hydrogens (tertiary/aromatic N) is 3. The summed E-state index contributed by atoms with van der Waals surface area (Å²) in [6.45, 7) is 0. The number of anilines is 3. The van der Waals surface area contributed by atoms with Gasteiger partial charge in [-0.15, -0.1) is 0 Å². The van der Waals surface area contributed by atoms with E-state index in [0.717, 1.165) is 16.9 Å². The molecule has 0 bridgehead atoms. The van der Waals surface area contributed by atoms with E-state index in [1.54, 1.807) is 29.3 Å². The molecule has 6 nitrogen and oxygen atoms in total. The SMILES string of the molecule is CN(C)c1ccc(C2C3C(=O)N(c4ccccc4Cl)C(=O)C3ON2c2ccccc2)cc1. The van der Waals surface area contributed by atoms with Crippen molar-refractivity contribution in [3.05, 3.63) is 89.4 Å². The van der Waals surface area contributed by atoms with E-state index in [2.05, 4.69) is 0 Å². The van der Waals surface area contributed by atoms with Crippen molar-refractivity contribution in [1.29, 1.82) is 0 Å². The molecule has 2 aliphatic heterocycles. The van der Waals surface area contributed by atoms with E-state index >= 15 is 0 Å². The topological polar surface area (TPSA) is 53.1 Å². The van der Waals surface area contributed by atoms with Crippen LogP contribution in [0.5, 0.6) is 0 Å². The minimum atomic E-state index is -0.919. The summed E-state index contributed by atoms with van der Waals surface area (Å²) in [6, 6.07) is 23.9. The molecule has 2 fully saturated rings. The second-order valence-corrected chi connectivity index (χ2v) is 8.51. The van der Waals surface area contributed by atoms with Crippen LogP contribution in [0.4, 0.5) is 17.1 Å². The number of rotatable bonds is 4. The highest BCUT2D eigenvalue weighted by atomic mass is 35.5. The Morgan fingerprint density at radius 1 is 0.844 bits per heavy atom. The molecular weight excluding hydrogens is 426 g/mol. The van der Waals surface area contributed by atoms with E-state index in [1.807, 2.05) is 73.6 Å². The van der Waals surface area contributed by atoms with Crippen molar-refractivity contribution in [3.8, 4) is 0 Å². The Morgan fingerprint density at radius 2 is 1.50 bits per heavy atom. The number of hydrogen-bond acceptors (Lipinski definition) is 5. The molecular formula is C25H22ClN3O3. The van der Waals surface area contributed by atoms with E-state index in [0.29, 0.717) is 10.7 Å². The van der Waals surface area contributed by atoms with Gasteiger partial charge in [0.2, 0.25) is 5.91 Å². The molecule has 2 saturated heterocycles. The Labute approximate surface area is 191 Å². The molecule has 3 unspecified atom stereocenters. The summed E-state index contributed by atoms with van der Waals surface area (Å²) in [5, 5.41) is 2.04. The van der Waals surface area contributed by atoms with Gasteiger partial charge in [-0.25, -0.2) is 9.96 Å². The van der Waals surface area contributed by atoms with Gasteiger partial charge in [0.1, 0.15) is 5.92 Å². The predicted octanol–water partition coefficient (Wildman–Crippen LogP) is 4.46. The number of carbonyl (C=O) groups excluding carboxylic acids is 2. The molecule has 2 heterocycles. The molecule has 5 rings (SSSR count). The highest BCUT2D eigenvalue weighted by molar-refractivity contribution is 6.36. The standard InChI is InChI=1S/C25H22ClN3O3/c1-27(2)17-14-12-16(13-15-17)22-21-23(32-29(22)18-8-4-3-5-9-18)25(31)28(24(21)30)20-11-7-6-10-19(20)26/h3-15,21-23H,1-2H3. The smallest absolute Gasteiger partial charge is 0.266 e. The maximum absolute atomic E-state index is 13.6. The van der Waals surface area contributed by atoms with Gasteiger partial charge >= 0.3 is 0 Å². The lowest BCUT2D eigenvalue weighted by Crippen LogP contribution is -2.37. The van der Waals surface area contributed by atoms with E-state index in [4.69, 9.17) is 16.4 Å². The molecule has 3 aromatic rings. The first-order valence-corrected chi connectivity index (χ1v) is 10.8. The van der Waals surface area contributed by atoms with E-state index in [1.165, 1.54) is 4.90 Å². The molecule has 0 saturated carbocycles. The molecule has 0 radical (unpaired) electrons. The first kappa shape index (κ1) is 20.5. The number of hydrogen-bond donors (Lipinski definition) is 0. The van der Waals surface area contributed by atoms with Crippen molar-refractivity contribution in [2.45, 2.75) is 12.1 Å². The number of carbonyl (C=O) groups is 2. The lowest BCUT2D eigenvalue weighted by Gasteiger charge is -2.29. The van der Waals surface area contributed by atoms with Crippen molar-refractivity contribution >= 4 is 40.5 Å². The van der Waals surface area contributed by atoms with Gasteiger partial charge in [-0.2, -0.15) is 0 Å². The monoisotopic (exact) mass is 447 g/mol. The summed E-state index contributed by atoms with van der Waals surface area (Å²) in [5.41, 5.74) is 3.11. The fourth-order valence-corrected chi connectivity index (χ4v) is 4.61. The van der Waals surface area contributed by atoms with Crippen molar-refractivity contribution in [2.24, 2.45) is 5.92 Å². The second-order valence-electron chi connectivity index (χ2n) is 8.11. The molecule has 0 N–H and O–H groups in total. The second kappa shape index (κ2) is 7.97. The summed E-state index contributed by atoms with van der Waals surface area (Å²) >= 11 is 6.31. The predicted molar refractivity (Wildman–Crippen MR) is 125 cm³/mol. The van der Waals surface area contributed by atoms with E-state index < -0.39 is 24.0 Å². The number of benzene rings is 3. The third kappa shape index (κ3) is 3.23. The summed E-state index contributed by atoms with van der Waals surface area (Å²) in [5.74, 6) is -1.40. The van der Waals surface area contributed by atoms with Gasteiger partial charge in [0.15, 0.2) is 6.10 Å². The Hall–Kier alpha value is -3.35. The van der Waals surface area contributed by atoms with Crippen molar-refractivity contribution < 1.29 is 14.4 Å². The van der Waals surface area contributed by atoms with E-state index in [-0.39, 0.29) is 5.91 Å². The van der Waals surface area contributed by atoms with Gasteiger partial charge in [-0.05, 0) is 42.0 Å². The van der Waals surface area contributed by atoms with Gasteiger partial charge in [0.05, 0.1) is 22.4 Å². The molecule has 0 aromatic heterocycles. The zero-order valence-electron chi connectivity index (χ0n) is 17.7. The number of imide groups is 1. The Bertz CT molecular complexity index is 1170. The van der Waals surface area contributed by atoms with Crippen LogP contribution >= 0.6 is 11.6 Å². The lowest BCUT2D eigenvalue weighted by molar-refractivity contribution is -0.126. The van der Waals surface area contributed by atoms with Crippen LogP contribution in [-0.4, -0.2) is 32.0 Å². The maximum Gasteiger partial charge on any atom is 0.266 e. The fraction of sp³-hybridized carbons (Fsp3) is 0.200. The fourth-order valence-electron chi connectivity index (χ4n) is 4.39. The van der Waals surface area contributed by atoms with Gasteiger partial charge in [-0.3, -0.25) is 14.4 Å². The van der Waals surface area contributed by atoms with Gasteiger partial charge in [0, 0.05) is 19.8 Å². The number of halogens is 1. The van der Waals surface area contributed by atoms with Crippen LogP contribution in [0, 0.1) is 5.92 Å². The number of hydroxylamine groups is 1. The van der Waals surface area contributed by atoms with Crippen molar-refractivity contribution in [3.63, 3.8) is 0 Å². The molecule has 7 heteroatoms. The number of amides is 2. The van der Waals surface area contributed by atoms with Gasteiger partial charge in [0.25, 0.3) is 5.91 Å². The molecule has 2 amide bonds. The maximum atomic E-state index is 13.6. The molecule has 3 aromatic carbocycles. The quantitative estimate of drug-likeness (QED) is 0.553. The van der Waals surface area contributed by atoms with Crippen LogP contribution < -0.4 is 14.9 Å².